The minimum Gasteiger partial charge on any atom is -0.478 e. The Kier molecular flexibility index (Phi) is 6.99. The third-order valence-corrected chi connectivity index (χ3v) is 4.03. The van der Waals surface area contributed by atoms with E-state index < -0.39 is 11.9 Å². The molecule has 2 aromatic carbocycles. The molecule has 0 bridgehead atoms. The SMILES string of the molecule is O=C(C=Cc1ccc(Cl)cc1)NC(=S)Nc1c(Cl)cc(Cl)cc1C(=O)O. The van der Waals surface area contributed by atoms with Crippen molar-refractivity contribution in [2.75, 3.05) is 5.32 Å². The summed E-state index contributed by atoms with van der Waals surface area (Å²) in [5, 5.41) is 14.9. The Bertz CT molecular complexity index is 899. The number of halogens is 3. The van der Waals surface area contributed by atoms with E-state index >= 15 is 0 Å². The summed E-state index contributed by atoms with van der Waals surface area (Å²) in [5.74, 6) is -1.74. The monoisotopic (exact) mass is 428 g/mol. The fraction of sp³-hybridized carbons (Fsp3) is 0. The molecule has 0 atom stereocenters. The fourth-order valence-corrected chi connectivity index (χ4v) is 2.78. The number of hydrogen-bond donors (Lipinski definition) is 3. The highest BCUT2D eigenvalue weighted by atomic mass is 35.5. The number of thiocarbonyl (C=S) groups is 1. The lowest BCUT2D eigenvalue weighted by Gasteiger charge is -2.13. The standard InChI is InChI=1S/C17H11Cl3N2O3S/c18-10-4-1-9(2-5-10)3-6-14(23)21-17(26)22-15-12(16(24)25)7-11(19)8-13(15)20/h1-8H,(H,24,25)(H2,21,22,23,26). The number of carboxylic acids is 1. The Morgan fingerprint density at radius 1 is 1.04 bits per heavy atom. The van der Waals surface area contributed by atoms with E-state index in [1.54, 1.807) is 30.3 Å². The van der Waals surface area contributed by atoms with Gasteiger partial charge in [0.2, 0.25) is 5.91 Å². The topological polar surface area (TPSA) is 78.4 Å². The summed E-state index contributed by atoms with van der Waals surface area (Å²) in [6, 6.07) is 9.47. The molecule has 0 aliphatic rings. The zero-order chi connectivity index (χ0) is 19.3. The van der Waals surface area contributed by atoms with E-state index in [-0.39, 0.29) is 26.4 Å². The molecule has 0 fully saturated rings. The Labute approximate surface area is 169 Å². The van der Waals surface area contributed by atoms with Crippen LogP contribution in [0.4, 0.5) is 5.69 Å². The predicted octanol–water partition coefficient (Wildman–Crippen LogP) is 4.87. The third-order valence-electron chi connectivity index (χ3n) is 3.06. The summed E-state index contributed by atoms with van der Waals surface area (Å²) >= 11 is 22.6. The molecule has 0 aliphatic heterocycles. The summed E-state index contributed by atoms with van der Waals surface area (Å²) in [5.41, 5.74) is 0.642. The average Bonchev–Trinajstić information content (AvgIpc) is 2.56. The number of nitrogens with one attached hydrogen (secondary N) is 2. The van der Waals surface area contributed by atoms with Gasteiger partial charge in [-0.05, 0) is 48.1 Å². The van der Waals surface area contributed by atoms with Gasteiger partial charge in [0.1, 0.15) is 0 Å². The summed E-state index contributed by atoms with van der Waals surface area (Å²) < 4.78 is 0. The summed E-state index contributed by atoms with van der Waals surface area (Å²) in [6.45, 7) is 0. The van der Waals surface area contributed by atoms with Crippen molar-refractivity contribution in [2.24, 2.45) is 0 Å². The molecule has 0 radical (unpaired) electrons. The molecule has 5 nitrogen and oxygen atoms in total. The van der Waals surface area contributed by atoms with Crippen LogP contribution in [0.3, 0.4) is 0 Å². The third kappa shape index (κ3) is 5.71. The van der Waals surface area contributed by atoms with Crippen LogP contribution in [-0.4, -0.2) is 22.1 Å². The molecule has 0 aliphatic carbocycles. The van der Waals surface area contributed by atoms with Crippen molar-refractivity contribution in [1.82, 2.24) is 5.32 Å². The van der Waals surface area contributed by atoms with Crippen LogP contribution >= 0.6 is 47.0 Å². The number of benzene rings is 2. The van der Waals surface area contributed by atoms with E-state index in [0.717, 1.165) is 5.56 Å². The molecule has 1 amide bonds. The normalized spacial score (nSPS) is 10.6. The Morgan fingerprint density at radius 3 is 2.31 bits per heavy atom. The van der Waals surface area contributed by atoms with Crippen LogP contribution in [0, 0.1) is 0 Å². The van der Waals surface area contributed by atoms with Crippen LogP contribution in [0.15, 0.2) is 42.5 Å². The van der Waals surface area contributed by atoms with Crippen LogP contribution in [0.5, 0.6) is 0 Å². The van der Waals surface area contributed by atoms with Crippen LogP contribution in [-0.2, 0) is 4.79 Å². The van der Waals surface area contributed by atoms with E-state index in [4.69, 9.17) is 47.0 Å². The van der Waals surface area contributed by atoms with Crippen molar-refractivity contribution in [3.63, 3.8) is 0 Å². The van der Waals surface area contributed by atoms with Gasteiger partial charge in [0.15, 0.2) is 5.11 Å². The van der Waals surface area contributed by atoms with Gasteiger partial charge in [-0.3, -0.25) is 10.1 Å². The largest absolute Gasteiger partial charge is 0.478 e. The lowest BCUT2D eigenvalue weighted by Crippen LogP contribution is -2.33. The lowest BCUT2D eigenvalue weighted by molar-refractivity contribution is -0.115. The van der Waals surface area contributed by atoms with Gasteiger partial charge in [0.05, 0.1) is 16.3 Å². The van der Waals surface area contributed by atoms with Gasteiger partial charge in [-0.2, -0.15) is 0 Å². The Morgan fingerprint density at radius 2 is 1.69 bits per heavy atom. The summed E-state index contributed by atoms with van der Waals surface area (Å²) in [4.78, 5) is 23.2. The first-order chi connectivity index (χ1) is 12.3. The van der Waals surface area contributed by atoms with Gasteiger partial charge >= 0.3 is 5.97 Å². The maximum absolute atomic E-state index is 11.9. The molecule has 26 heavy (non-hydrogen) atoms. The number of carbonyl (C=O) groups is 2. The second-order valence-electron chi connectivity index (χ2n) is 4.94. The van der Waals surface area contributed by atoms with Crippen molar-refractivity contribution in [3.8, 4) is 0 Å². The maximum Gasteiger partial charge on any atom is 0.337 e. The second kappa shape index (κ2) is 9.00. The molecule has 0 aromatic heterocycles. The first-order valence-electron chi connectivity index (χ1n) is 7.04. The molecule has 0 spiro atoms. The van der Waals surface area contributed by atoms with Crippen LogP contribution < -0.4 is 10.6 Å². The van der Waals surface area contributed by atoms with Gasteiger partial charge in [0, 0.05) is 16.1 Å². The number of rotatable bonds is 4. The minimum atomic E-state index is -1.24. The number of carboxylic acid groups (broad SMARTS) is 1. The quantitative estimate of drug-likeness (QED) is 0.477. The van der Waals surface area contributed by atoms with Crippen molar-refractivity contribution in [2.45, 2.75) is 0 Å². The first kappa shape index (κ1) is 20.2. The highest BCUT2D eigenvalue weighted by Gasteiger charge is 2.16. The number of amides is 1. The molecule has 9 heteroatoms. The zero-order valence-corrected chi connectivity index (χ0v) is 16.0. The number of aromatic carboxylic acids is 1. The Hall–Kier alpha value is -2.12. The van der Waals surface area contributed by atoms with Crippen molar-refractivity contribution < 1.29 is 14.7 Å². The van der Waals surface area contributed by atoms with E-state index in [9.17, 15) is 14.7 Å². The minimum absolute atomic E-state index is 0.0375. The predicted molar refractivity (Wildman–Crippen MR) is 108 cm³/mol. The van der Waals surface area contributed by atoms with E-state index in [1.807, 2.05) is 0 Å². The van der Waals surface area contributed by atoms with E-state index in [1.165, 1.54) is 18.2 Å². The maximum atomic E-state index is 11.9. The molecule has 3 N–H and O–H groups in total. The van der Waals surface area contributed by atoms with Crippen LogP contribution in [0.1, 0.15) is 15.9 Å². The molecule has 2 aromatic rings. The van der Waals surface area contributed by atoms with E-state index in [2.05, 4.69) is 10.6 Å². The highest BCUT2D eigenvalue weighted by molar-refractivity contribution is 7.80. The molecule has 0 saturated carbocycles. The van der Waals surface area contributed by atoms with Gasteiger partial charge in [-0.25, -0.2) is 4.79 Å². The molecule has 0 saturated heterocycles. The van der Waals surface area contributed by atoms with Gasteiger partial charge in [0.25, 0.3) is 0 Å². The van der Waals surface area contributed by atoms with Gasteiger partial charge in [-0.1, -0.05) is 46.9 Å². The second-order valence-corrected chi connectivity index (χ2v) is 6.63. The fourth-order valence-electron chi connectivity index (χ4n) is 1.91. The first-order valence-corrected chi connectivity index (χ1v) is 8.58. The summed E-state index contributed by atoms with van der Waals surface area (Å²) in [6.07, 6.45) is 2.85. The van der Waals surface area contributed by atoms with Gasteiger partial charge in [-0.15, -0.1) is 0 Å². The smallest absolute Gasteiger partial charge is 0.337 e. The van der Waals surface area contributed by atoms with Crippen molar-refractivity contribution >= 4 is 75.8 Å². The number of carbonyl (C=O) groups excluding carboxylic acids is 1. The number of hydrogen-bond acceptors (Lipinski definition) is 3. The molecular weight excluding hydrogens is 419 g/mol. The van der Waals surface area contributed by atoms with Crippen molar-refractivity contribution in [1.29, 1.82) is 0 Å². The zero-order valence-electron chi connectivity index (χ0n) is 12.9. The van der Waals surface area contributed by atoms with Crippen LogP contribution in [0.25, 0.3) is 6.08 Å². The highest BCUT2D eigenvalue weighted by Crippen LogP contribution is 2.30. The molecule has 0 heterocycles. The van der Waals surface area contributed by atoms with Crippen molar-refractivity contribution in [3.05, 3.63) is 68.7 Å². The van der Waals surface area contributed by atoms with Crippen LogP contribution in [0.2, 0.25) is 15.1 Å². The molecule has 2 rings (SSSR count). The molecule has 0 unspecified atom stereocenters. The summed E-state index contributed by atoms with van der Waals surface area (Å²) in [7, 11) is 0. The lowest BCUT2D eigenvalue weighted by atomic mass is 10.2. The van der Waals surface area contributed by atoms with Gasteiger partial charge < -0.3 is 10.4 Å². The Balaban J connectivity index is 2.06. The average molecular weight is 430 g/mol. The number of anilines is 1. The molecular formula is C17H11Cl3N2O3S. The van der Waals surface area contributed by atoms with E-state index in [0.29, 0.717) is 5.02 Å². The molecule has 134 valence electrons.